The van der Waals surface area contributed by atoms with Crippen molar-refractivity contribution in [3.63, 3.8) is 0 Å². The average Bonchev–Trinajstić information content (AvgIpc) is 2.69. The summed E-state index contributed by atoms with van der Waals surface area (Å²) in [6, 6.07) is 8.75. The van der Waals surface area contributed by atoms with E-state index in [-0.39, 0.29) is 18.2 Å². The molecule has 1 aromatic carbocycles. The molecule has 0 spiro atoms. The SMILES string of the molecule is CNC(=O)C(=NOC)c1ccccc1COc1ccc(C(F)(F)F)c(OC(C)C)n1. The Morgan fingerprint density at radius 3 is 2.50 bits per heavy atom. The number of ether oxygens (including phenoxy) is 2. The first-order valence-corrected chi connectivity index (χ1v) is 8.96. The molecule has 30 heavy (non-hydrogen) atoms. The fraction of sp³-hybridized carbons (Fsp3) is 0.350. The number of nitrogens with zero attached hydrogens (tertiary/aromatic N) is 2. The second-order valence-electron chi connectivity index (χ2n) is 6.31. The molecule has 0 aliphatic carbocycles. The summed E-state index contributed by atoms with van der Waals surface area (Å²) in [4.78, 5) is 20.7. The molecule has 2 rings (SSSR count). The molecule has 2 aromatic rings. The number of pyridine rings is 1. The molecule has 0 unspecified atom stereocenters. The van der Waals surface area contributed by atoms with Crippen molar-refractivity contribution in [2.75, 3.05) is 14.2 Å². The van der Waals surface area contributed by atoms with E-state index in [1.807, 2.05) is 0 Å². The number of benzene rings is 1. The van der Waals surface area contributed by atoms with E-state index < -0.39 is 29.6 Å². The largest absolute Gasteiger partial charge is 0.474 e. The van der Waals surface area contributed by atoms with Crippen LogP contribution in [0.25, 0.3) is 0 Å². The van der Waals surface area contributed by atoms with Crippen molar-refractivity contribution in [2.24, 2.45) is 5.16 Å². The summed E-state index contributed by atoms with van der Waals surface area (Å²) in [5, 5.41) is 6.22. The summed E-state index contributed by atoms with van der Waals surface area (Å²) in [6.45, 7) is 3.12. The molecule has 0 bridgehead atoms. The lowest BCUT2D eigenvalue weighted by molar-refractivity contribution is -0.139. The van der Waals surface area contributed by atoms with Gasteiger partial charge >= 0.3 is 6.18 Å². The third-order valence-electron chi connectivity index (χ3n) is 3.76. The Morgan fingerprint density at radius 2 is 1.90 bits per heavy atom. The van der Waals surface area contributed by atoms with Crippen LogP contribution in [0, 0.1) is 0 Å². The maximum Gasteiger partial charge on any atom is 0.421 e. The molecule has 1 aromatic heterocycles. The van der Waals surface area contributed by atoms with Crippen molar-refractivity contribution in [3.8, 4) is 11.8 Å². The van der Waals surface area contributed by atoms with Crippen molar-refractivity contribution >= 4 is 11.6 Å². The fourth-order valence-electron chi connectivity index (χ4n) is 2.48. The van der Waals surface area contributed by atoms with Gasteiger partial charge in [0.1, 0.15) is 19.3 Å². The number of hydrogen-bond acceptors (Lipinski definition) is 6. The normalized spacial score (nSPS) is 11.9. The topological polar surface area (TPSA) is 82.0 Å². The summed E-state index contributed by atoms with van der Waals surface area (Å²) in [6.07, 6.45) is -5.11. The van der Waals surface area contributed by atoms with Gasteiger partial charge in [0.2, 0.25) is 11.8 Å². The minimum absolute atomic E-state index is 0.0309. The zero-order valence-corrected chi connectivity index (χ0v) is 16.9. The standard InChI is InChI=1S/C20H22F3N3O4/c1-12(2)30-19-15(20(21,22)23)9-10-16(25-19)29-11-13-7-5-6-8-14(13)17(26-28-4)18(27)24-3/h5-10,12H,11H2,1-4H3,(H,24,27). The highest BCUT2D eigenvalue weighted by Crippen LogP contribution is 2.36. The number of alkyl halides is 3. The number of carbonyl (C=O) groups excluding carboxylic acids is 1. The van der Waals surface area contributed by atoms with Crippen LogP contribution < -0.4 is 14.8 Å². The second kappa shape index (κ2) is 9.95. The number of carbonyl (C=O) groups is 1. The summed E-state index contributed by atoms with van der Waals surface area (Å²) in [5.41, 5.74) is 0.0516. The van der Waals surface area contributed by atoms with Crippen LogP contribution in [0.5, 0.6) is 11.8 Å². The van der Waals surface area contributed by atoms with Gasteiger partial charge in [-0.15, -0.1) is 0 Å². The van der Waals surface area contributed by atoms with Crippen LogP contribution in [-0.2, 0) is 22.4 Å². The molecule has 0 radical (unpaired) electrons. The zero-order chi connectivity index (χ0) is 22.3. The molecule has 0 saturated heterocycles. The van der Waals surface area contributed by atoms with Gasteiger partial charge < -0.3 is 19.6 Å². The van der Waals surface area contributed by atoms with Gasteiger partial charge in [-0.2, -0.15) is 18.2 Å². The average molecular weight is 425 g/mol. The molecule has 0 atom stereocenters. The van der Waals surface area contributed by atoms with Crippen molar-refractivity contribution in [1.82, 2.24) is 10.3 Å². The van der Waals surface area contributed by atoms with Crippen LogP contribution in [0.4, 0.5) is 13.2 Å². The molecular formula is C20H22F3N3O4. The van der Waals surface area contributed by atoms with E-state index in [0.29, 0.717) is 11.1 Å². The van der Waals surface area contributed by atoms with Crippen molar-refractivity contribution in [2.45, 2.75) is 32.7 Å². The molecule has 1 amide bonds. The number of rotatable bonds is 8. The maximum atomic E-state index is 13.2. The fourth-order valence-corrected chi connectivity index (χ4v) is 2.48. The van der Waals surface area contributed by atoms with Crippen LogP contribution in [0.15, 0.2) is 41.6 Å². The maximum absolute atomic E-state index is 13.2. The van der Waals surface area contributed by atoms with Crippen LogP contribution in [0.3, 0.4) is 0 Å². The Morgan fingerprint density at radius 1 is 1.20 bits per heavy atom. The molecule has 162 valence electrons. The first-order chi connectivity index (χ1) is 14.2. The quantitative estimate of drug-likeness (QED) is 0.517. The highest BCUT2D eigenvalue weighted by molar-refractivity contribution is 6.45. The second-order valence-corrected chi connectivity index (χ2v) is 6.31. The van der Waals surface area contributed by atoms with Crippen LogP contribution in [0.2, 0.25) is 0 Å². The summed E-state index contributed by atoms with van der Waals surface area (Å²) < 4.78 is 50.3. The molecule has 10 heteroatoms. The Kier molecular flexibility index (Phi) is 7.62. The van der Waals surface area contributed by atoms with Gasteiger partial charge in [-0.3, -0.25) is 4.79 Å². The lowest BCUT2D eigenvalue weighted by Crippen LogP contribution is -2.29. The number of oxime groups is 1. The number of aromatic nitrogens is 1. The van der Waals surface area contributed by atoms with E-state index in [1.54, 1.807) is 38.1 Å². The third kappa shape index (κ3) is 5.85. The van der Waals surface area contributed by atoms with E-state index in [9.17, 15) is 18.0 Å². The number of halogens is 3. The zero-order valence-electron chi connectivity index (χ0n) is 16.9. The first-order valence-electron chi connectivity index (χ1n) is 8.96. The van der Waals surface area contributed by atoms with Gasteiger partial charge in [0.15, 0.2) is 5.71 Å². The van der Waals surface area contributed by atoms with Gasteiger partial charge in [-0.05, 0) is 25.5 Å². The molecule has 7 nitrogen and oxygen atoms in total. The van der Waals surface area contributed by atoms with E-state index in [0.717, 1.165) is 12.1 Å². The van der Waals surface area contributed by atoms with E-state index in [1.165, 1.54) is 14.2 Å². The van der Waals surface area contributed by atoms with Gasteiger partial charge in [0.05, 0.1) is 6.10 Å². The number of amides is 1. The monoisotopic (exact) mass is 425 g/mol. The molecule has 0 aliphatic rings. The number of likely N-dealkylation sites (N-methyl/N-ethyl adjacent to an activating group) is 1. The summed E-state index contributed by atoms with van der Waals surface area (Å²) >= 11 is 0. The Balaban J connectivity index is 2.32. The van der Waals surface area contributed by atoms with Gasteiger partial charge in [0.25, 0.3) is 5.91 Å². The van der Waals surface area contributed by atoms with E-state index in [4.69, 9.17) is 14.3 Å². The molecular weight excluding hydrogens is 403 g/mol. The molecule has 0 saturated carbocycles. The van der Waals surface area contributed by atoms with Crippen molar-refractivity contribution in [3.05, 3.63) is 53.1 Å². The smallest absolute Gasteiger partial charge is 0.421 e. The Hall–Kier alpha value is -3.30. The van der Waals surface area contributed by atoms with Gasteiger partial charge in [-0.1, -0.05) is 29.4 Å². The Labute approximate surface area is 171 Å². The predicted molar refractivity (Wildman–Crippen MR) is 103 cm³/mol. The first kappa shape index (κ1) is 23.0. The van der Waals surface area contributed by atoms with Gasteiger partial charge in [-0.25, -0.2) is 0 Å². The highest BCUT2D eigenvalue weighted by Gasteiger charge is 2.36. The van der Waals surface area contributed by atoms with Gasteiger partial charge in [0, 0.05) is 18.7 Å². The molecule has 1 N–H and O–H groups in total. The molecule has 0 fully saturated rings. The van der Waals surface area contributed by atoms with Crippen molar-refractivity contribution in [1.29, 1.82) is 0 Å². The molecule has 0 aliphatic heterocycles. The van der Waals surface area contributed by atoms with E-state index in [2.05, 4.69) is 15.5 Å². The number of hydrogen-bond donors (Lipinski definition) is 1. The van der Waals surface area contributed by atoms with E-state index >= 15 is 0 Å². The van der Waals surface area contributed by atoms with Crippen LogP contribution in [0.1, 0.15) is 30.5 Å². The van der Waals surface area contributed by atoms with Crippen LogP contribution in [-0.4, -0.2) is 36.9 Å². The minimum Gasteiger partial charge on any atom is -0.474 e. The summed E-state index contributed by atoms with van der Waals surface area (Å²) in [5.74, 6) is -1.08. The number of nitrogens with one attached hydrogen (secondary N) is 1. The molecule has 1 heterocycles. The predicted octanol–water partition coefficient (Wildman–Crippen LogP) is 3.56. The Bertz CT molecular complexity index is 914. The minimum atomic E-state index is -4.61. The van der Waals surface area contributed by atoms with Crippen molar-refractivity contribution < 1.29 is 32.3 Å². The third-order valence-corrected chi connectivity index (χ3v) is 3.76. The lowest BCUT2D eigenvalue weighted by atomic mass is 10.0. The lowest BCUT2D eigenvalue weighted by Gasteiger charge is -2.16. The summed E-state index contributed by atoms with van der Waals surface area (Å²) in [7, 11) is 2.76. The van der Waals surface area contributed by atoms with Crippen LogP contribution >= 0.6 is 0 Å². The highest BCUT2D eigenvalue weighted by atomic mass is 19.4.